The van der Waals surface area contributed by atoms with Crippen molar-refractivity contribution in [2.45, 2.75) is 39.9 Å². The summed E-state index contributed by atoms with van der Waals surface area (Å²) in [5.74, 6) is 0. The number of hydrogen-bond acceptors (Lipinski definition) is 3. The number of anilines is 1. The van der Waals surface area contributed by atoms with Gasteiger partial charge in [-0.25, -0.2) is 4.39 Å². The number of aromatic nitrogens is 4. The van der Waals surface area contributed by atoms with Crippen LogP contribution in [0.5, 0.6) is 0 Å². The highest BCUT2D eigenvalue weighted by Crippen LogP contribution is 2.15. The number of nitrogens with zero attached hydrogens (tertiary/aromatic N) is 4. The van der Waals surface area contributed by atoms with Crippen molar-refractivity contribution in [3.05, 3.63) is 29.8 Å². The molecule has 20 heavy (non-hydrogen) atoms. The molecule has 5 nitrogen and oxygen atoms in total. The van der Waals surface area contributed by atoms with Crippen LogP contribution in [0, 0.1) is 6.92 Å². The fraction of sp³-hybridized carbons (Fsp3) is 0.538. The van der Waals surface area contributed by atoms with Gasteiger partial charge in [-0.1, -0.05) is 0 Å². The van der Waals surface area contributed by atoms with E-state index < -0.39 is 6.67 Å². The average molecular weight is 302 g/mol. The Balaban J connectivity index is 0.00000200. The smallest absolute Gasteiger partial charge is 0.109 e. The van der Waals surface area contributed by atoms with Crippen molar-refractivity contribution in [3.8, 4) is 0 Å². The molecule has 1 N–H and O–H groups in total. The molecule has 0 saturated heterocycles. The molecular weight excluding hydrogens is 281 g/mol. The van der Waals surface area contributed by atoms with Crippen molar-refractivity contribution in [2.75, 3.05) is 12.0 Å². The van der Waals surface area contributed by atoms with Crippen LogP contribution in [0.15, 0.2) is 18.5 Å². The molecule has 0 aromatic carbocycles. The number of nitrogens with one attached hydrogen (secondary N) is 1. The van der Waals surface area contributed by atoms with E-state index in [0.717, 1.165) is 17.1 Å². The van der Waals surface area contributed by atoms with E-state index in [1.54, 1.807) is 10.9 Å². The largest absolute Gasteiger partial charge is 0.377 e. The van der Waals surface area contributed by atoms with Gasteiger partial charge in [-0.15, -0.1) is 12.4 Å². The van der Waals surface area contributed by atoms with Gasteiger partial charge >= 0.3 is 0 Å². The third kappa shape index (κ3) is 3.72. The van der Waals surface area contributed by atoms with E-state index in [0.29, 0.717) is 19.1 Å². The minimum Gasteiger partial charge on any atom is -0.377 e. The first-order valence-corrected chi connectivity index (χ1v) is 6.48. The Morgan fingerprint density at radius 1 is 1.40 bits per heavy atom. The van der Waals surface area contributed by atoms with Gasteiger partial charge in [-0.2, -0.15) is 10.2 Å². The maximum atomic E-state index is 12.3. The molecule has 0 atom stereocenters. The quantitative estimate of drug-likeness (QED) is 0.892. The van der Waals surface area contributed by atoms with E-state index in [-0.39, 0.29) is 12.4 Å². The van der Waals surface area contributed by atoms with Gasteiger partial charge in [-0.3, -0.25) is 9.36 Å². The number of aryl methyl sites for hydroxylation is 2. The SMILES string of the molecule is Cc1nn(CCF)cc1NCc1ccnn1C(C)C.Cl. The zero-order valence-corrected chi connectivity index (χ0v) is 12.8. The molecular formula is C13H21ClFN5. The van der Waals surface area contributed by atoms with Gasteiger partial charge in [-0.05, 0) is 26.8 Å². The molecule has 2 rings (SSSR count). The Hall–Kier alpha value is -1.56. The van der Waals surface area contributed by atoms with Crippen molar-refractivity contribution < 1.29 is 4.39 Å². The lowest BCUT2D eigenvalue weighted by atomic mass is 10.3. The molecule has 0 bridgehead atoms. The van der Waals surface area contributed by atoms with Gasteiger partial charge in [0, 0.05) is 18.4 Å². The molecule has 0 aliphatic carbocycles. The highest BCUT2D eigenvalue weighted by molar-refractivity contribution is 5.85. The molecule has 2 heterocycles. The Bertz CT molecular complexity index is 535. The molecule has 0 aliphatic heterocycles. The van der Waals surface area contributed by atoms with E-state index >= 15 is 0 Å². The van der Waals surface area contributed by atoms with Crippen LogP contribution in [0.25, 0.3) is 0 Å². The molecule has 2 aromatic heterocycles. The lowest BCUT2D eigenvalue weighted by Crippen LogP contribution is -2.11. The summed E-state index contributed by atoms with van der Waals surface area (Å²) < 4.78 is 15.9. The van der Waals surface area contributed by atoms with Crippen LogP contribution in [0.3, 0.4) is 0 Å². The van der Waals surface area contributed by atoms with Crippen LogP contribution in [0.2, 0.25) is 0 Å². The highest BCUT2D eigenvalue weighted by Gasteiger charge is 2.08. The van der Waals surface area contributed by atoms with Crippen molar-refractivity contribution in [3.63, 3.8) is 0 Å². The Kier molecular flexibility index (Phi) is 6.01. The fourth-order valence-electron chi connectivity index (χ4n) is 2.02. The predicted octanol–water partition coefficient (Wildman–Crippen LogP) is 2.97. The minimum absolute atomic E-state index is 0. The lowest BCUT2D eigenvalue weighted by molar-refractivity contribution is 0.426. The molecule has 0 spiro atoms. The fourth-order valence-corrected chi connectivity index (χ4v) is 2.02. The van der Waals surface area contributed by atoms with Crippen LogP contribution < -0.4 is 5.32 Å². The Morgan fingerprint density at radius 2 is 2.15 bits per heavy atom. The summed E-state index contributed by atoms with van der Waals surface area (Å²) in [7, 11) is 0. The van der Waals surface area contributed by atoms with Crippen LogP contribution in [0.1, 0.15) is 31.3 Å². The maximum absolute atomic E-state index is 12.3. The molecule has 7 heteroatoms. The van der Waals surface area contributed by atoms with Gasteiger partial charge < -0.3 is 5.32 Å². The summed E-state index contributed by atoms with van der Waals surface area (Å²) in [4.78, 5) is 0. The first-order chi connectivity index (χ1) is 9.11. The number of alkyl halides is 1. The van der Waals surface area contributed by atoms with E-state index in [4.69, 9.17) is 0 Å². The average Bonchev–Trinajstić information content (AvgIpc) is 2.94. The third-order valence-corrected chi connectivity index (χ3v) is 2.96. The van der Waals surface area contributed by atoms with Crippen LogP contribution in [-0.2, 0) is 13.1 Å². The minimum atomic E-state index is -0.402. The zero-order chi connectivity index (χ0) is 13.8. The monoisotopic (exact) mass is 301 g/mol. The summed E-state index contributed by atoms with van der Waals surface area (Å²) in [5.41, 5.74) is 2.93. The molecule has 2 aromatic rings. The van der Waals surface area contributed by atoms with E-state index in [2.05, 4.69) is 29.4 Å². The predicted molar refractivity (Wildman–Crippen MR) is 80.1 cm³/mol. The summed E-state index contributed by atoms with van der Waals surface area (Å²) in [6.07, 6.45) is 3.64. The van der Waals surface area contributed by atoms with Crippen molar-refractivity contribution >= 4 is 18.1 Å². The molecule has 0 fully saturated rings. The van der Waals surface area contributed by atoms with Gasteiger partial charge in [0.2, 0.25) is 0 Å². The summed E-state index contributed by atoms with van der Waals surface area (Å²) in [6, 6.07) is 2.33. The van der Waals surface area contributed by atoms with Crippen LogP contribution in [0.4, 0.5) is 10.1 Å². The summed E-state index contributed by atoms with van der Waals surface area (Å²) >= 11 is 0. The lowest BCUT2D eigenvalue weighted by Gasteiger charge is -2.11. The summed E-state index contributed by atoms with van der Waals surface area (Å²) in [6.45, 7) is 6.69. The molecule has 0 saturated carbocycles. The van der Waals surface area contributed by atoms with Crippen molar-refractivity contribution in [2.24, 2.45) is 0 Å². The molecule has 112 valence electrons. The third-order valence-electron chi connectivity index (χ3n) is 2.96. The van der Waals surface area contributed by atoms with Crippen LogP contribution in [-0.4, -0.2) is 26.2 Å². The maximum Gasteiger partial charge on any atom is 0.109 e. The first kappa shape index (κ1) is 16.5. The van der Waals surface area contributed by atoms with Crippen molar-refractivity contribution in [1.29, 1.82) is 0 Å². The number of rotatable bonds is 6. The molecule has 0 radical (unpaired) electrons. The van der Waals surface area contributed by atoms with Crippen molar-refractivity contribution in [1.82, 2.24) is 19.6 Å². The highest BCUT2D eigenvalue weighted by atomic mass is 35.5. The second kappa shape index (κ2) is 7.28. The van der Waals surface area contributed by atoms with Crippen LogP contribution >= 0.6 is 12.4 Å². The topological polar surface area (TPSA) is 47.7 Å². The summed E-state index contributed by atoms with van der Waals surface area (Å²) in [5, 5.41) is 11.9. The van der Waals surface area contributed by atoms with Gasteiger partial charge in [0.05, 0.1) is 30.2 Å². The zero-order valence-electron chi connectivity index (χ0n) is 12.0. The van der Waals surface area contributed by atoms with E-state index in [9.17, 15) is 4.39 Å². The Morgan fingerprint density at radius 3 is 2.80 bits per heavy atom. The van der Waals surface area contributed by atoms with Gasteiger partial charge in [0.15, 0.2) is 0 Å². The second-order valence-electron chi connectivity index (χ2n) is 4.79. The normalized spacial score (nSPS) is 10.7. The van der Waals surface area contributed by atoms with E-state index in [1.807, 2.05) is 23.9 Å². The molecule has 0 unspecified atom stereocenters. The second-order valence-corrected chi connectivity index (χ2v) is 4.79. The van der Waals surface area contributed by atoms with E-state index in [1.165, 1.54) is 0 Å². The number of halogens is 2. The standard InChI is InChI=1S/C13H20FN5.ClH/c1-10(2)19-12(4-6-16-19)8-15-13-9-18(7-5-14)17-11(13)3;/h4,6,9-10,15H,5,7-8H2,1-3H3;1H. The van der Waals surface area contributed by atoms with Gasteiger partial charge in [0.25, 0.3) is 0 Å². The number of hydrogen-bond donors (Lipinski definition) is 1. The molecule has 0 amide bonds. The van der Waals surface area contributed by atoms with Gasteiger partial charge in [0.1, 0.15) is 6.67 Å². The Labute approximate surface area is 124 Å². The first-order valence-electron chi connectivity index (χ1n) is 6.48. The molecule has 0 aliphatic rings.